The van der Waals surface area contributed by atoms with Crippen LogP contribution < -0.4 is 0 Å². The molecule has 6 nitrogen and oxygen atoms in total. The monoisotopic (exact) mass is 594 g/mol. The van der Waals surface area contributed by atoms with Gasteiger partial charge >= 0.3 is 0 Å². The lowest BCUT2D eigenvalue weighted by atomic mass is 9.88. The van der Waals surface area contributed by atoms with E-state index in [9.17, 15) is 18.6 Å². The largest absolute Gasteiger partial charge is 0.396 e. The van der Waals surface area contributed by atoms with Crippen molar-refractivity contribution in [1.29, 1.82) is 0 Å². The first kappa shape index (κ1) is 29.2. The highest BCUT2D eigenvalue weighted by atomic mass is 32.2. The molecule has 2 aromatic heterocycles. The van der Waals surface area contributed by atoms with Crippen molar-refractivity contribution in [2.24, 2.45) is 0 Å². The highest BCUT2D eigenvalue weighted by molar-refractivity contribution is 7.90. The molecule has 7 heteroatoms. The lowest BCUT2D eigenvalue weighted by Gasteiger charge is -2.25. The average molecular weight is 595 g/mol. The fraction of sp³-hybridized carbons (Fsp3) is 0.278. The van der Waals surface area contributed by atoms with Crippen LogP contribution >= 0.6 is 0 Å². The Bertz CT molecular complexity index is 1980. The van der Waals surface area contributed by atoms with Gasteiger partial charge in [0.15, 0.2) is 0 Å². The van der Waals surface area contributed by atoms with Gasteiger partial charge in [0.25, 0.3) is 10.0 Å². The van der Waals surface area contributed by atoms with Crippen molar-refractivity contribution in [2.45, 2.75) is 56.4 Å². The number of aliphatic hydroxyl groups excluding tert-OH is 2. The molecule has 6 rings (SSSR count). The molecule has 0 radical (unpaired) electrons. The summed E-state index contributed by atoms with van der Waals surface area (Å²) in [5.74, 6) is 0.143. The molecule has 0 amide bonds. The fourth-order valence-electron chi connectivity index (χ4n) is 7.01. The molecule has 2 atom stereocenters. The van der Waals surface area contributed by atoms with E-state index in [1.54, 1.807) is 30.3 Å². The minimum Gasteiger partial charge on any atom is -0.396 e. The quantitative estimate of drug-likeness (QED) is 0.184. The molecule has 1 aliphatic rings. The molecule has 1 aliphatic heterocycles. The van der Waals surface area contributed by atoms with E-state index in [1.807, 2.05) is 42.5 Å². The first-order chi connectivity index (χ1) is 20.7. The van der Waals surface area contributed by atoms with Crippen LogP contribution in [0.2, 0.25) is 0 Å². The van der Waals surface area contributed by atoms with Crippen molar-refractivity contribution in [1.82, 2.24) is 8.54 Å². The van der Waals surface area contributed by atoms with Gasteiger partial charge in [-0.15, -0.1) is 0 Å². The Kier molecular flexibility index (Phi) is 7.67. The van der Waals surface area contributed by atoms with E-state index in [2.05, 4.69) is 49.6 Å². The summed E-state index contributed by atoms with van der Waals surface area (Å²) < 4.78 is 32.3. The Balaban J connectivity index is 1.61. The van der Waals surface area contributed by atoms with Crippen molar-refractivity contribution < 1.29 is 18.6 Å². The number of allylic oxidation sites excluding steroid dienone is 3. The highest BCUT2D eigenvalue weighted by Crippen LogP contribution is 2.49. The van der Waals surface area contributed by atoms with Crippen LogP contribution in [-0.4, -0.2) is 40.4 Å². The van der Waals surface area contributed by atoms with Gasteiger partial charge in [-0.3, -0.25) is 0 Å². The van der Waals surface area contributed by atoms with E-state index in [4.69, 9.17) is 0 Å². The zero-order chi connectivity index (χ0) is 30.4. The molecule has 2 N–H and O–H groups in total. The lowest BCUT2D eigenvalue weighted by molar-refractivity contribution is 0.299. The van der Waals surface area contributed by atoms with Crippen molar-refractivity contribution in [3.8, 4) is 0 Å². The Labute approximate surface area is 253 Å². The van der Waals surface area contributed by atoms with Crippen molar-refractivity contribution in [3.05, 3.63) is 119 Å². The summed E-state index contributed by atoms with van der Waals surface area (Å²) in [6, 6.07) is 24.3. The summed E-state index contributed by atoms with van der Waals surface area (Å²) in [4.78, 5) is 0.212. The maximum atomic E-state index is 14.2. The molecule has 0 aliphatic carbocycles. The minimum absolute atomic E-state index is 0.0665. The van der Waals surface area contributed by atoms with Crippen LogP contribution in [0.1, 0.15) is 55.6 Å². The smallest absolute Gasteiger partial charge is 0.268 e. The van der Waals surface area contributed by atoms with Crippen LogP contribution in [0.3, 0.4) is 0 Å². The molecule has 0 saturated carbocycles. The number of aliphatic hydroxyl groups is 2. The highest BCUT2D eigenvalue weighted by Gasteiger charge is 2.41. The van der Waals surface area contributed by atoms with E-state index in [-0.39, 0.29) is 24.0 Å². The molecule has 3 aromatic carbocycles. The molecule has 0 spiro atoms. The molecule has 0 fully saturated rings. The molecule has 1 unspecified atom stereocenters. The summed E-state index contributed by atoms with van der Waals surface area (Å²) in [5.41, 5.74) is 6.17. The third-order valence-corrected chi connectivity index (χ3v) is 10.4. The van der Waals surface area contributed by atoms with E-state index in [0.717, 1.165) is 28.3 Å². The van der Waals surface area contributed by atoms with Crippen molar-refractivity contribution in [2.75, 3.05) is 13.2 Å². The Morgan fingerprint density at radius 1 is 0.860 bits per heavy atom. The number of nitrogens with zero attached hydrogens (tertiary/aromatic N) is 2. The standard InChI is InChI=1S/C36H38N2O4S/c1-25(2)23-26-24-36(3,37-32-15-9-7-14-29(32)31(19-22-40)35(26)37)20-17-34-30(18-21-39)28-13-8-10-16-33(28)38(34)43(41,42)27-11-5-4-6-12-27/h4-17,20,23,26,39-40H,18-19,21-22,24H2,1-3H3/b20-17+/t26-,36?/m0/s1. The normalized spacial score (nSPS) is 18.6. The van der Waals surface area contributed by atoms with Gasteiger partial charge < -0.3 is 14.8 Å². The molecule has 0 bridgehead atoms. The second-order valence-corrected chi connectivity index (χ2v) is 13.7. The van der Waals surface area contributed by atoms with Crippen LogP contribution in [0.5, 0.6) is 0 Å². The zero-order valence-electron chi connectivity index (χ0n) is 24.9. The topological polar surface area (TPSA) is 84.5 Å². The van der Waals surface area contributed by atoms with Crippen molar-refractivity contribution in [3.63, 3.8) is 0 Å². The Hall–Kier alpha value is -3.91. The van der Waals surface area contributed by atoms with Gasteiger partial charge in [0.1, 0.15) is 0 Å². The van der Waals surface area contributed by atoms with Gasteiger partial charge in [0, 0.05) is 41.1 Å². The summed E-state index contributed by atoms with van der Waals surface area (Å²) in [5, 5.41) is 22.0. The van der Waals surface area contributed by atoms with Crippen LogP contribution in [-0.2, 0) is 28.4 Å². The minimum atomic E-state index is -3.94. The predicted molar refractivity (Wildman–Crippen MR) is 174 cm³/mol. The van der Waals surface area contributed by atoms with Crippen molar-refractivity contribution >= 4 is 37.9 Å². The average Bonchev–Trinajstić information content (AvgIpc) is 3.60. The predicted octanol–water partition coefficient (Wildman–Crippen LogP) is 6.78. The van der Waals surface area contributed by atoms with Gasteiger partial charge in [0.2, 0.25) is 0 Å². The molecule has 5 aromatic rings. The van der Waals surface area contributed by atoms with E-state index in [1.165, 1.54) is 20.8 Å². The maximum Gasteiger partial charge on any atom is 0.268 e. The van der Waals surface area contributed by atoms with Crippen LogP contribution in [0.25, 0.3) is 27.9 Å². The van der Waals surface area contributed by atoms with Gasteiger partial charge in [-0.25, -0.2) is 12.4 Å². The van der Waals surface area contributed by atoms with E-state index in [0.29, 0.717) is 24.1 Å². The third-order valence-electron chi connectivity index (χ3n) is 8.63. The van der Waals surface area contributed by atoms with Gasteiger partial charge in [-0.1, -0.05) is 72.3 Å². The second kappa shape index (κ2) is 11.3. The number of benzene rings is 3. The Morgan fingerprint density at radius 2 is 1.44 bits per heavy atom. The molecule has 3 heterocycles. The number of aromatic nitrogens is 2. The molecular formula is C36H38N2O4S. The van der Waals surface area contributed by atoms with Gasteiger partial charge in [-0.2, -0.15) is 0 Å². The van der Waals surface area contributed by atoms with Crippen LogP contribution in [0.15, 0.2) is 101 Å². The fourth-order valence-corrected chi connectivity index (χ4v) is 8.57. The molecule has 43 heavy (non-hydrogen) atoms. The third kappa shape index (κ3) is 4.85. The number of rotatable bonds is 9. The summed E-state index contributed by atoms with van der Waals surface area (Å²) in [6.07, 6.45) is 8.08. The lowest BCUT2D eigenvalue weighted by Crippen LogP contribution is -2.23. The maximum absolute atomic E-state index is 14.2. The summed E-state index contributed by atoms with van der Waals surface area (Å²) in [7, 11) is -3.94. The number of hydrogen-bond donors (Lipinski definition) is 2. The number of fused-ring (bicyclic) bond motifs is 4. The number of para-hydroxylation sites is 2. The summed E-state index contributed by atoms with van der Waals surface area (Å²) >= 11 is 0. The summed E-state index contributed by atoms with van der Waals surface area (Å²) in [6.45, 7) is 6.38. The van der Waals surface area contributed by atoms with Gasteiger partial charge in [0.05, 0.1) is 21.6 Å². The van der Waals surface area contributed by atoms with E-state index < -0.39 is 15.6 Å². The molecule has 0 saturated heterocycles. The molecular weight excluding hydrogens is 556 g/mol. The van der Waals surface area contributed by atoms with E-state index >= 15 is 0 Å². The van der Waals surface area contributed by atoms with Gasteiger partial charge in [-0.05, 0) is 81.5 Å². The second-order valence-electron chi connectivity index (χ2n) is 11.9. The van der Waals surface area contributed by atoms with Crippen LogP contribution in [0.4, 0.5) is 0 Å². The number of hydrogen-bond acceptors (Lipinski definition) is 4. The first-order valence-electron chi connectivity index (χ1n) is 14.8. The zero-order valence-corrected chi connectivity index (χ0v) is 25.7. The Morgan fingerprint density at radius 3 is 2.09 bits per heavy atom. The SMILES string of the molecule is CC(C)=C[C@H]1CC(C)(/C=C/c2c(CCO)c3ccccc3n2S(=O)(=O)c2ccccc2)n2c1c(CCO)c1ccccc12. The van der Waals surface area contributed by atoms with Crippen LogP contribution in [0, 0.1) is 0 Å². The first-order valence-corrected chi connectivity index (χ1v) is 16.3. The molecule has 222 valence electrons.